The largest absolute Gasteiger partial charge is 0.481 e. The van der Waals surface area contributed by atoms with Crippen LogP contribution in [-0.4, -0.2) is 29.5 Å². The number of nitrogens with one attached hydrogen (secondary N) is 1. The van der Waals surface area contributed by atoms with Crippen molar-refractivity contribution >= 4 is 27.1 Å². The van der Waals surface area contributed by atoms with Crippen molar-refractivity contribution in [1.82, 2.24) is 9.97 Å². The molecule has 7 nitrogen and oxygen atoms in total. The van der Waals surface area contributed by atoms with Gasteiger partial charge in [0.15, 0.2) is 0 Å². The Morgan fingerprint density at radius 1 is 0.784 bits per heavy atom. The van der Waals surface area contributed by atoms with Gasteiger partial charge in [0.1, 0.15) is 5.75 Å². The molecule has 1 heterocycles. The normalized spacial score (nSPS) is 11.2. The van der Waals surface area contributed by atoms with Crippen LogP contribution in [0.25, 0.3) is 11.0 Å². The van der Waals surface area contributed by atoms with Crippen LogP contribution in [0.3, 0.4) is 0 Å². The van der Waals surface area contributed by atoms with E-state index >= 15 is 0 Å². The predicted molar refractivity (Wildman–Crippen MR) is 148 cm³/mol. The van der Waals surface area contributed by atoms with E-state index in [1.54, 1.807) is 54.6 Å². The second kappa shape index (κ2) is 17.6. The van der Waals surface area contributed by atoms with E-state index in [1.807, 2.05) is 0 Å². The van der Waals surface area contributed by atoms with Crippen molar-refractivity contribution < 1.29 is 22.5 Å². The molecule has 0 saturated heterocycles. The molecule has 0 fully saturated rings. The molecule has 0 atom stereocenters. The number of carboxylic acid groups (broad SMARTS) is 1. The monoisotopic (exact) mass is 530 g/mol. The number of aromatic nitrogens is 2. The molecule has 37 heavy (non-hydrogen) atoms. The number of carboxylic acids is 1. The highest BCUT2D eigenvalue weighted by atomic mass is 32.2. The van der Waals surface area contributed by atoms with E-state index in [4.69, 9.17) is 9.29 Å². The van der Waals surface area contributed by atoms with Gasteiger partial charge >= 0.3 is 16.1 Å². The third kappa shape index (κ3) is 12.8. The summed E-state index contributed by atoms with van der Waals surface area (Å²) < 4.78 is 29.1. The quantitative estimate of drug-likeness (QED) is 0.136. The van der Waals surface area contributed by atoms with Gasteiger partial charge in [-0.2, -0.15) is 8.42 Å². The van der Waals surface area contributed by atoms with Crippen molar-refractivity contribution in [3.8, 4) is 5.75 Å². The Morgan fingerprint density at radius 3 is 1.84 bits per heavy atom. The number of rotatable bonds is 17. The van der Waals surface area contributed by atoms with Crippen LogP contribution < -0.4 is 4.18 Å². The lowest BCUT2D eigenvalue weighted by molar-refractivity contribution is -0.137. The third-order valence-electron chi connectivity index (χ3n) is 6.05. The van der Waals surface area contributed by atoms with Gasteiger partial charge in [0, 0.05) is 6.42 Å². The highest BCUT2D eigenvalue weighted by Gasteiger charge is 2.21. The molecule has 0 aliphatic rings. The molecule has 0 saturated carbocycles. The van der Waals surface area contributed by atoms with Gasteiger partial charge in [-0.15, -0.1) is 0 Å². The molecule has 0 aliphatic carbocycles. The van der Waals surface area contributed by atoms with Crippen molar-refractivity contribution in [2.75, 3.05) is 0 Å². The summed E-state index contributed by atoms with van der Waals surface area (Å²) in [6, 6.07) is 15.4. The maximum atomic E-state index is 12.1. The smallest absolute Gasteiger partial charge is 0.373 e. The number of fused-ring (bicyclic) bond motifs is 1. The fourth-order valence-electron chi connectivity index (χ4n) is 3.98. The Kier molecular flexibility index (Phi) is 14.4. The van der Waals surface area contributed by atoms with Crippen molar-refractivity contribution in [2.45, 2.75) is 102 Å². The topological polar surface area (TPSA) is 109 Å². The molecule has 2 N–H and O–H groups in total. The summed E-state index contributed by atoms with van der Waals surface area (Å²) in [4.78, 5) is 17.0. The zero-order chi connectivity index (χ0) is 26.8. The Labute approximate surface area is 221 Å². The van der Waals surface area contributed by atoms with Crippen molar-refractivity contribution in [1.29, 1.82) is 0 Å². The fourth-order valence-corrected chi connectivity index (χ4v) is 4.87. The SMILES string of the molecule is CCCCCCCCCCCCCCCC(=O)O.O=S(=O)(Oc1ccccc1)c1nc2ccccc2[nH]1. The number of benzene rings is 2. The molecular formula is C29H42N2O5S. The molecule has 1 aromatic heterocycles. The number of nitrogens with zero attached hydrogens (tertiary/aromatic N) is 1. The summed E-state index contributed by atoms with van der Waals surface area (Å²) in [5, 5.41) is 8.29. The molecule has 204 valence electrons. The summed E-state index contributed by atoms with van der Waals surface area (Å²) in [5.74, 6) is -0.402. The maximum Gasteiger partial charge on any atom is 0.373 e. The van der Waals surface area contributed by atoms with Gasteiger partial charge in [0.2, 0.25) is 0 Å². The van der Waals surface area contributed by atoms with Crippen LogP contribution in [0.2, 0.25) is 0 Å². The summed E-state index contributed by atoms with van der Waals surface area (Å²) >= 11 is 0. The first-order chi connectivity index (χ1) is 17.9. The molecule has 8 heteroatoms. The van der Waals surface area contributed by atoms with Crippen LogP contribution in [0, 0.1) is 0 Å². The van der Waals surface area contributed by atoms with Gasteiger partial charge in [-0.3, -0.25) is 4.79 Å². The lowest BCUT2D eigenvalue weighted by Gasteiger charge is -2.03. The number of para-hydroxylation sites is 3. The first kappa shape index (κ1) is 30.4. The van der Waals surface area contributed by atoms with Crippen LogP contribution in [-0.2, 0) is 14.9 Å². The minimum Gasteiger partial charge on any atom is -0.481 e. The van der Waals surface area contributed by atoms with E-state index in [9.17, 15) is 13.2 Å². The standard InChI is InChI=1S/C16H32O2.C13H10N2O3S/c1-2-3-4-5-6-7-8-9-10-11-12-13-14-15-16(17)18;16-19(17,18-10-6-2-1-3-7-10)13-14-11-8-4-5-9-12(11)15-13/h2-15H2,1H3,(H,17,18);1-9H,(H,14,15). The number of aromatic amines is 1. The summed E-state index contributed by atoms with van der Waals surface area (Å²) in [7, 11) is -3.94. The maximum absolute atomic E-state index is 12.1. The number of carbonyl (C=O) groups is 1. The van der Waals surface area contributed by atoms with Gasteiger partial charge < -0.3 is 14.3 Å². The highest BCUT2D eigenvalue weighted by Crippen LogP contribution is 2.19. The van der Waals surface area contributed by atoms with Gasteiger partial charge in [0.05, 0.1) is 11.0 Å². The molecule has 0 spiro atoms. The van der Waals surface area contributed by atoms with E-state index < -0.39 is 16.1 Å². The number of unbranched alkanes of at least 4 members (excludes halogenated alkanes) is 12. The van der Waals surface area contributed by atoms with E-state index in [2.05, 4.69) is 16.9 Å². The Morgan fingerprint density at radius 2 is 1.30 bits per heavy atom. The minimum absolute atomic E-state index is 0.197. The first-order valence-electron chi connectivity index (χ1n) is 13.6. The van der Waals surface area contributed by atoms with Crippen molar-refractivity contribution in [3.63, 3.8) is 0 Å². The highest BCUT2D eigenvalue weighted by molar-refractivity contribution is 7.86. The Hall–Kier alpha value is -2.87. The molecule has 0 unspecified atom stereocenters. The molecule has 0 aliphatic heterocycles. The van der Waals surface area contributed by atoms with Gasteiger partial charge in [-0.05, 0) is 30.7 Å². The number of H-pyrrole nitrogens is 1. The zero-order valence-corrected chi connectivity index (χ0v) is 22.8. The average molecular weight is 531 g/mol. The van der Waals surface area contributed by atoms with E-state index in [0.29, 0.717) is 17.5 Å². The minimum atomic E-state index is -3.94. The summed E-state index contributed by atoms with van der Waals surface area (Å²) in [6.07, 6.45) is 17.3. The van der Waals surface area contributed by atoms with E-state index in [1.165, 1.54) is 70.6 Å². The second-order valence-corrected chi connectivity index (χ2v) is 10.8. The molecule has 3 aromatic rings. The number of hydrogen-bond acceptors (Lipinski definition) is 5. The molecule has 3 rings (SSSR count). The van der Waals surface area contributed by atoms with Crippen LogP contribution in [0.5, 0.6) is 5.75 Å². The summed E-state index contributed by atoms with van der Waals surface area (Å²) in [5.41, 5.74) is 1.23. The Bertz CT molecular complexity index is 1100. The van der Waals surface area contributed by atoms with Crippen LogP contribution in [0.4, 0.5) is 0 Å². The zero-order valence-electron chi connectivity index (χ0n) is 22.0. The number of imidazole rings is 1. The van der Waals surface area contributed by atoms with Crippen molar-refractivity contribution in [2.24, 2.45) is 0 Å². The fraction of sp³-hybridized carbons (Fsp3) is 0.517. The van der Waals surface area contributed by atoms with Gasteiger partial charge in [0.25, 0.3) is 5.16 Å². The average Bonchev–Trinajstić information content (AvgIpc) is 3.33. The summed E-state index contributed by atoms with van der Waals surface area (Å²) in [6.45, 7) is 2.26. The molecule has 0 bridgehead atoms. The van der Waals surface area contributed by atoms with Gasteiger partial charge in [-0.25, -0.2) is 4.98 Å². The Balaban J connectivity index is 0.000000261. The molecular weight excluding hydrogens is 488 g/mol. The second-order valence-electron chi connectivity index (χ2n) is 9.30. The first-order valence-corrected chi connectivity index (χ1v) is 15.0. The van der Waals surface area contributed by atoms with Gasteiger partial charge in [-0.1, -0.05) is 114 Å². The van der Waals surface area contributed by atoms with Crippen LogP contribution in [0.15, 0.2) is 59.8 Å². The number of hydrogen-bond donors (Lipinski definition) is 2. The number of aliphatic carboxylic acids is 1. The van der Waals surface area contributed by atoms with E-state index in [0.717, 1.165) is 12.8 Å². The molecule has 2 aromatic carbocycles. The van der Waals surface area contributed by atoms with E-state index in [-0.39, 0.29) is 10.9 Å². The molecule has 0 radical (unpaired) electrons. The molecule has 0 amide bonds. The van der Waals surface area contributed by atoms with Crippen molar-refractivity contribution in [3.05, 3.63) is 54.6 Å². The van der Waals surface area contributed by atoms with Crippen LogP contribution >= 0.6 is 0 Å². The van der Waals surface area contributed by atoms with Crippen LogP contribution in [0.1, 0.15) is 96.8 Å². The lowest BCUT2D eigenvalue weighted by atomic mass is 10.0. The predicted octanol–water partition coefficient (Wildman–Crippen LogP) is 7.88. The lowest BCUT2D eigenvalue weighted by Crippen LogP contribution is -2.11. The third-order valence-corrected chi connectivity index (χ3v) is 7.13.